The fraction of sp³-hybridized carbons (Fsp3) is 0.667. The minimum atomic E-state index is -0.581. The maximum Gasteiger partial charge on any atom is 0.208 e. The Morgan fingerprint density at radius 3 is 2.62 bits per heavy atom. The molecular formula is C18H29NO2. The Kier molecular flexibility index (Phi) is 6.68. The molecule has 1 aromatic carbocycles. The van der Waals surface area contributed by atoms with Gasteiger partial charge in [-0.25, -0.2) is 0 Å². The average molecular weight is 291 g/mol. The smallest absolute Gasteiger partial charge is 0.208 e. The Labute approximate surface area is 129 Å². The minimum Gasteiger partial charge on any atom is -0.345 e. The average Bonchev–Trinajstić information content (AvgIpc) is 2.54. The number of nitrogens with zero attached hydrogens (tertiary/aromatic N) is 1. The summed E-state index contributed by atoms with van der Waals surface area (Å²) in [5.74, 6) is -0.581. The van der Waals surface area contributed by atoms with Gasteiger partial charge in [0, 0.05) is 12.1 Å². The number of hydrogen-bond donors (Lipinski definition) is 0. The van der Waals surface area contributed by atoms with Gasteiger partial charge in [0.05, 0.1) is 19.8 Å². The molecule has 21 heavy (non-hydrogen) atoms. The molecule has 1 aliphatic heterocycles. The molecule has 1 heterocycles. The van der Waals surface area contributed by atoms with E-state index >= 15 is 0 Å². The van der Waals surface area contributed by atoms with Gasteiger partial charge >= 0.3 is 0 Å². The van der Waals surface area contributed by atoms with Crippen molar-refractivity contribution in [1.82, 2.24) is 4.90 Å². The molecule has 0 bridgehead atoms. The van der Waals surface area contributed by atoms with E-state index in [9.17, 15) is 0 Å². The summed E-state index contributed by atoms with van der Waals surface area (Å²) in [5.41, 5.74) is 1.14. The van der Waals surface area contributed by atoms with Crippen molar-refractivity contribution in [2.24, 2.45) is 0 Å². The molecular weight excluding hydrogens is 262 g/mol. The molecule has 3 nitrogen and oxygen atoms in total. The van der Waals surface area contributed by atoms with Crippen LogP contribution < -0.4 is 0 Å². The van der Waals surface area contributed by atoms with Crippen LogP contribution in [0.2, 0.25) is 0 Å². The molecule has 0 aromatic heterocycles. The number of ether oxygens (including phenoxy) is 2. The second kappa shape index (κ2) is 8.52. The molecule has 0 aliphatic carbocycles. The summed E-state index contributed by atoms with van der Waals surface area (Å²) in [6.45, 7) is 8.90. The first kappa shape index (κ1) is 16.5. The van der Waals surface area contributed by atoms with Gasteiger partial charge in [0.1, 0.15) is 0 Å². The lowest BCUT2D eigenvalue weighted by molar-refractivity contribution is -0.277. The molecule has 0 N–H and O–H groups in total. The molecule has 0 saturated carbocycles. The maximum absolute atomic E-state index is 6.24. The number of morpholine rings is 1. The molecule has 0 spiro atoms. The van der Waals surface area contributed by atoms with E-state index in [1.54, 1.807) is 0 Å². The highest BCUT2D eigenvalue weighted by Crippen LogP contribution is 2.31. The molecule has 1 aromatic rings. The predicted octanol–water partition coefficient (Wildman–Crippen LogP) is 3.79. The molecule has 118 valence electrons. The summed E-state index contributed by atoms with van der Waals surface area (Å²) >= 11 is 0. The molecule has 1 unspecified atom stereocenters. The quantitative estimate of drug-likeness (QED) is 0.680. The number of benzene rings is 1. The monoisotopic (exact) mass is 291 g/mol. The van der Waals surface area contributed by atoms with Crippen LogP contribution in [0.15, 0.2) is 30.3 Å². The van der Waals surface area contributed by atoms with Crippen LogP contribution in [0.1, 0.15) is 45.1 Å². The third-order valence-electron chi connectivity index (χ3n) is 4.05. The van der Waals surface area contributed by atoms with E-state index in [1.165, 1.54) is 12.8 Å². The second-order valence-corrected chi connectivity index (χ2v) is 5.80. The van der Waals surface area contributed by atoms with Crippen LogP contribution in [-0.2, 0) is 15.3 Å². The van der Waals surface area contributed by atoms with Gasteiger partial charge in [0.2, 0.25) is 5.79 Å². The normalized spacial score (nSPS) is 23.3. The van der Waals surface area contributed by atoms with E-state index in [1.807, 2.05) is 6.07 Å². The van der Waals surface area contributed by atoms with Gasteiger partial charge in [-0.1, -0.05) is 57.0 Å². The zero-order chi connectivity index (χ0) is 15.0. The van der Waals surface area contributed by atoms with Gasteiger partial charge in [0.25, 0.3) is 0 Å². The van der Waals surface area contributed by atoms with E-state index in [0.29, 0.717) is 0 Å². The first-order chi connectivity index (χ1) is 10.3. The lowest BCUT2D eigenvalue weighted by atomic mass is 10.0. The molecule has 0 amide bonds. The number of rotatable bonds is 8. The Balaban J connectivity index is 2.11. The van der Waals surface area contributed by atoms with Gasteiger partial charge in [0.15, 0.2) is 0 Å². The Morgan fingerprint density at radius 2 is 1.90 bits per heavy atom. The van der Waals surface area contributed by atoms with Crippen LogP contribution in [0.4, 0.5) is 0 Å². The topological polar surface area (TPSA) is 21.7 Å². The second-order valence-electron chi connectivity index (χ2n) is 5.80. The van der Waals surface area contributed by atoms with E-state index in [2.05, 4.69) is 43.0 Å². The highest BCUT2D eigenvalue weighted by atomic mass is 16.7. The van der Waals surface area contributed by atoms with Crippen molar-refractivity contribution in [1.29, 1.82) is 0 Å². The van der Waals surface area contributed by atoms with Crippen molar-refractivity contribution in [2.45, 2.75) is 45.3 Å². The summed E-state index contributed by atoms with van der Waals surface area (Å²) in [7, 11) is 0. The first-order valence-corrected chi connectivity index (χ1v) is 8.36. The Hall–Kier alpha value is -0.900. The van der Waals surface area contributed by atoms with E-state index in [0.717, 1.165) is 51.3 Å². The molecule has 1 saturated heterocycles. The summed E-state index contributed by atoms with van der Waals surface area (Å²) in [6, 6.07) is 10.4. The van der Waals surface area contributed by atoms with Gasteiger partial charge in [-0.2, -0.15) is 0 Å². The number of unbranched alkanes of at least 4 members (excludes halogenated alkanes) is 2. The van der Waals surface area contributed by atoms with Crippen molar-refractivity contribution >= 4 is 0 Å². The van der Waals surface area contributed by atoms with Gasteiger partial charge < -0.3 is 9.47 Å². The largest absolute Gasteiger partial charge is 0.345 e. The SMILES string of the molecule is CCCCOC1(c2ccccc2)CN(CCCC)CCO1. The highest BCUT2D eigenvalue weighted by Gasteiger charge is 2.39. The van der Waals surface area contributed by atoms with E-state index in [-0.39, 0.29) is 0 Å². The van der Waals surface area contributed by atoms with Crippen molar-refractivity contribution in [3.05, 3.63) is 35.9 Å². The summed E-state index contributed by atoms with van der Waals surface area (Å²) in [6.07, 6.45) is 4.68. The minimum absolute atomic E-state index is 0.581. The fourth-order valence-electron chi connectivity index (χ4n) is 2.75. The third kappa shape index (κ3) is 4.53. The lowest BCUT2D eigenvalue weighted by Gasteiger charge is -2.42. The van der Waals surface area contributed by atoms with E-state index in [4.69, 9.17) is 9.47 Å². The van der Waals surface area contributed by atoms with Crippen LogP contribution in [0.25, 0.3) is 0 Å². The van der Waals surface area contributed by atoms with Gasteiger partial charge in [-0.15, -0.1) is 0 Å². The predicted molar refractivity (Wildman–Crippen MR) is 86.3 cm³/mol. The highest BCUT2D eigenvalue weighted by molar-refractivity contribution is 5.21. The standard InChI is InChI=1S/C18H29NO2/c1-3-5-12-19-13-15-21-18(16-19,20-14-6-4-2)17-10-8-7-9-11-17/h7-11H,3-6,12-16H2,1-2H3. The third-order valence-corrected chi connectivity index (χ3v) is 4.05. The van der Waals surface area contributed by atoms with Crippen LogP contribution in [-0.4, -0.2) is 37.7 Å². The lowest BCUT2D eigenvalue weighted by Crippen LogP contribution is -2.51. The fourth-order valence-corrected chi connectivity index (χ4v) is 2.75. The Morgan fingerprint density at radius 1 is 1.14 bits per heavy atom. The molecule has 1 fully saturated rings. The van der Waals surface area contributed by atoms with Gasteiger partial charge in [-0.05, 0) is 19.4 Å². The molecule has 1 aliphatic rings. The first-order valence-electron chi connectivity index (χ1n) is 8.36. The summed E-state index contributed by atoms with van der Waals surface area (Å²) < 4.78 is 12.4. The van der Waals surface area contributed by atoms with Crippen LogP contribution in [0, 0.1) is 0 Å². The summed E-state index contributed by atoms with van der Waals surface area (Å²) in [4.78, 5) is 2.48. The zero-order valence-electron chi connectivity index (χ0n) is 13.5. The summed E-state index contributed by atoms with van der Waals surface area (Å²) in [5, 5.41) is 0. The van der Waals surface area contributed by atoms with Crippen molar-refractivity contribution in [3.8, 4) is 0 Å². The Bertz CT molecular complexity index is 395. The van der Waals surface area contributed by atoms with Crippen LogP contribution >= 0.6 is 0 Å². The van der Waals surface area contributed by atoms with Crippen molar-refractivity contribution < 1.29 is 9.47 Å². The van der Waals surface area contributed by atoms with Crippen LogP contribution in [0.3, 0.4) is 0 Å². The van der Waals surface area contributed by atoms with Crippen LogP contribution in [0.5, 0.6) is 0 Å². The maximum atomic E-state index is 6.24. The molecule has 1 atom stereocenters. The van der Waals surface area contributed by atoms with Crippen molar-refractivity contribution in [2.75, 3.05) is 32.8 Å². The zero-order valence-corrected chi connectivity index (χ0v) is 13.5. The molecule has 0 radical (unpaired) electrons. The van der Waals surface area contributed by atoms with Crippen molar-refractivity contribution in [3.63, 3.8) is 0 Å². The molecule has 2 rings (SSSR count). The van der Waals surface area contributed by atoms with Gasteiger partial charge in [-0.3, -0.25) is 4.90 Å². The van der Waals surface area contributed by atoms with E-state index < -0.39 is 5.79 Å². The number of hydrogen-bond acceptors (Lipinski definition) is 3. The molecule has 3 heteroatoms.